The molecule has 3 aromatic rings. The molecule has 0 N–H and O–H groups in total. The maximum Gasteiger partial charge on any atom is 0.336 e. The van der Waals surface area contributed by atoms with Crippen LogP contribution in [0.25, 0.3) is 11.4 Å². The third-order valence-corrected chi connectivity index (χ3v) is 4.64. The molecule has 0 radical (unpaired) electrons. The number of rotatable bonds is 9. The molecule has 1 heterocycles. The Morgan fingerprint density at radius 3 is 2.43 bits per heavy atom. The molecule has 0 unspecified atom stereocenters. The normalized spacial score (nSPS) is 10.8. The van der Waals surface area contributed by atoms with Crippen LogP contribution >= 0.6 is 0 Å². The van der Waals surface area contributed by atoms with Crippen LogP contribution < -0.4 is 4.74 Å². The van der Waals surface area contributed by atoms with E-state index in [4.69, 9.17) is 4.74 Å². The van der Waals surface area contributed by atoms with Gasteiger partial charge in [-0.1, -0.05) is 74.9 Å². The molecule has 146 valence electrons. The third-order valence-electron chi connectivity index (χ3n) is 4.64. The Kier molecular flexibility index (Phi) is 6.95. The van der Waals surface area contributed by atoms with E-state index in [9.17, 15) is 4.79 Å². The minimum absolute atomic E-state index is 0.0868. The second-order valence-corrected chi connectivity index (χ2v) is 6.76. The second-order valence-electron chi connectivity index (χ2n) is 6.76. The zero-order chi connectivity index (χ0) is 19.8. The molecule has 28 heavy (non-hydrogen) atoms. The van der Waals surface area contributed by atoms with Crippen LogP contribution in [0.3, 0.4) is 0 Å². The number of hydrogen-bond acceptors (Lipinski definition) is 4. The quantitative estimate of drug-likeness (QED) is 0.495. The Morgan fingerprint density at radius 1 is 1.00 bits per heavy atom. The van der Waals surface area contributed by atoms with E-state index in [1.807, 2.05) is 42.5 Å². The molecular formula is C23H27N3O2. The van der Waals surface area contributed by atoms with E-state index in [-0.39, 0.29) is 11.9 Å². The topological polar surface area (TPSA) is 57.0 Å². The van der Waals surface area contributed by atoms with Gasteiger partial charge in [-0.15, -0.1) is 5.10 Å². The van der Waals surface area contributed by atoms with Crippen molar-refractivity contribution >= 4 is 5.91 Å². The lowest BCUT2D eigenvalue weighted by atomic mass is 10.1. The molecule has 2 aromatic carbocycles. The zero-order valence-corrected chi connectivity index (χ0v) is 16.6. The Morgan fingerprint density at radius 2 is 1.75 bits per heavy atom. The summed E-state index contributed by atoms with van der Waals surface area (Å²) in [5.74, 6) is 0.448. The van der Waals surface area contributed by atoms with Crippen molar-refractivity contribution < 1.29 is 9.53 Å². The number of carbonyl (C=O) groups is 1. The van der Waals surface area contributed by atoms with Gasteiger partial charge >= 0.3 is 6.01 Å². The van der Waals surface area contributed by atoms with Crippen LogP contribution in [0, 0.1) is 0 Å². The van der Waals surface area contributed by atoms with Crippen molar-refractivity contribution in [3.8, 4) is 17.4 Å². The Balaban J connectivity index is 1.82. The number of aryl methyl sites for hydroxylation is 2. The molecule has 0 aliphatic heterocycles. The third kappa shape index (κ3) is 5.06. The van der Waals surface area contributed by atoms with E-state index in [0.29, 0.717) is 25.3 Å². The maximum atomic E-state index is 12.9. The standard InChI is InChI=1S/C23H27N3O2/c1-3-5-17-28-23-24-22(20-14-11-18(4-2)12-15-20)26(25-23)21(27)16-13-19-9-7-6-8-10-19/h6-12,14-15H,3-5,13,16-17H2,1-2H3. The Labute approximate surface area is 166 Å². The minimum Gasteiger partial charge on any atom is -0.462 e. The minimum atomic E-state index is -0.0868. The van der Waals surface area contributed by atoms with Crippen LogP contribution in [-0.2, 0) is 12.8 Å². The summed E-state index contributed by atoms with van der Waals surface area (Å²) in [5, 5.41) is 4.35. The first-order chi connectivity index (χ1) is 13.7. The maximum absolute atomic E-state index is 12.9. The highest BCUT2D eigenvalue weighted by molar-refractivity contribution is 5.82. The van der Waals surface area contributed by atoms with Gasteiger partial charge in [-0.2, -0.15) is 9.67 Å². The molecule has 0 amide bonds. The van der Waals surface area contributed by atoms with Crippen LogP contribution in [0.1, 0.15) is 49.0 Å². The summed E-state index contributed by atoms with van der Waals surface area (Å²) >= 11 is 0. The van der Waals surface area contributed by atoms with Gasteiger partial charge < -0.3 is 4.74 Å². The van der Waals surface area contributed by atoms with Crippen molar-refractivity contribution in [3.63, 3.8) is 0 Å². The van der Waals surface area contributed by atoms with Gasteiger partial charge in [-0.3, -0.25) is 4.79 Å². The molecule has 0 fully saturated rings. The zero-order valence-electron chi connectivity index (χ0n) is 16.6. The first-order valence-electron chi connectivity index (χ1n) is 9.97. The average molecular weight is 377 g/mol. The highest BCUT2D eigenvalue weighted by atomic mass is 16.5. The van der Waals surface area contributed by atoms with Crippen molar-refractivity contribution in [2.45, 2.75) is 46.0 Å². The number of benzene rings is 2. The summed E-state index contributed by atoms with van der Waals surface area (Å²) in [6.07, 6.45) is 3.95. The summed E-state index contributed by atoms with van der Waals surface area (Å²) in [6.45, 7) is 4.76. The Hall–Kier alpha value is -2.95. The molecule has 0 atom stereocenters. The first-order valence-corrected chi connectivity index (χ1v) is 9.97. The smallest absolute Gasteiger partial charge is 0.336 e. The van der Waals surface area contributed by atoms with Crippen LogP contribution in [0.5, 0.6) is 6.01 Å². The highest BCUT2D eigenvalue weighted by Gasteiger charge is 2.18. The summed E-state index contributed by atoms with van der Waals surface area (Å²) in [5.41, 5.74) is 3.23. The van der Waals surface area contributed by atoms with Crippen LogP contribution in [0.4, 0.5) is 0 Å². The molecule has 5 nitrogen and oxygen atoms in total. The lowest BCUT2D eigenvalue weighted by molar-refractivity contribution is 0.0887. The number of nitrogens with zero attached hydrogens (tertiary/aromatic N) is 3. The number of ether oxygens (including phenoxy) is 1. The van der Waals surface area contributed by atoms with E-state index in [1.165, 1.54) is 10.2 Å². The molecule has 0 bridgehead atoms. The monoisotopic (exact) mass is 377 g/mol. The van der Waals surface area contributed by atoms with Crippen molar-refractivity contribution in [1.29, 1.82) is 0 Å². The van der Waals surface area contributed by atoms with Crippen molar-refractivity contribution in [2.75, 3.05) is 6.61 Å². The lowest BCUT2D eigenvalue weighted by Gasteiger charge is -2.05. The summed E-state index contributed by atoms with van der Waals surface area (Å²) in [4.78, 5) is 17.4. The van der Waals surface area contributed by atoms with Crippen LogP contribution in [0.2, 0.25) is 0 Å². The molecule has 5 heteroatoms. The lowest BCUT2D eigenvalue weighted by Crippen LogP contribution is -2.15. The van der Waals surface area contributed by atoms with Crippen molar-refractivity contribution in [2.24, 2.45) is 0 Å². The number of hydrogen-bond donors (Lipinski definition) is 0. The average Bonchev–Trinajstić information content (AvgIpc) is 3.17. The molecule has 0 aliphatic rings. The first kappa shape index (κ1) is 19.8. The fraction of sp³-hybridized carbons (Fsp3) is 0.348. The van der Waals surface area contributed by atoms with Gasteiger partial charge in [0.25, 0.3) is 0 Å². The predicted octanol–water partition coefficient (Wildman–Crippen LogP) is 4.96. The molecule has 1 aromatic heterocycles. The highest BCUT2D eigenvalue weighted by Crippen LogP contribution is 2.22. The van der Waals surface area contributed by atoms with Crippen molar-refractivity contribution in [1.82, 2.24) is 14.8 Å². The molecule has 3 rings (SSSR count). The second kappa shape index (κ2) is 9.83. The van der Waals surface area contributed by atoms with Gasteiger partial charge in [-0.25, -0.2) is 0 Å². The van der Waals surface area contributed by atoms with Gasteiger partial charge in [0.15, 0.2) is 5.82 Å². The fourth-order valence-corrected chi connectivity index (χ4v) is 2.91. The molecular weight excluding hydrogens is 350 g/mol. The summed E-state index contributed by atoms with van der Waals surface area (Å²) < 4.78 is 7.05. The van der Waals surface area contributed by atoms with E-state index in [0.717, 1.165) is 30.4 Å². The number of aromatic nitrogens is 3. The van der Waals surface area contributed by atoms with Gasteiger partial charge in [0.2, 0.25) is 5.91 Å². The van der Waals surface area contributed by atoms with Gasteiger partial charge in [0.1, 0.15) is 0 Å². The Bertz CT molecular complexity index is 886. The van der Waals surface area contributed by atoms with Crippen LogP contribution in [0.15, 0.2) is 54.6 Å². The summed E-state index contributed by atoms with van der Waals surface area (Å²) in [6, 6.07) is 18.3. The molecule has 0 saturated carbocycles. The van der Waals surface area contributed by atoms with E-state index in [1.54, 1.807) is 0 Å². The van der Waals surface area contributed by atoms with E-state index < -0.39 is 0 Å². The van der Waals surface area contributed by atoms with Crippen molar-refractivity contribution in [3.05, 3.63) is 65.7 Å². The van der Waals surface area contributed by atoms with Crippen LogP contribution in [-0.4, -0.2) is 27.3 Å². The predicted molar refractivity (Wildman–Crippen MR) is 111 cm³/mol. The van der Waals surface area contributed by atoms with E-state index >= 15 is 0 Å². The summed E-state index contributed by atoms with van der Waals surface area (Å²) in [7, 11) is 0. The van der Waals surface area contributed by atoms with Gasteiger partial charge in [0.05, 0.1) is 6.61 Å². The molecule has 0 saturated heterocycles. The SMILES string of the molecule is CCCCOc1nc(-c2ccc(CC)cc2)n(C(=O)CCc2ccccc2)n1. The largest absolute Gasteiger partial charge is 0.462 e. The van der Waals surface area contributed by atoms with Gasteiger partial charge in [-0.05, 0) is 30.4 Å². The number of unbranched alkanes of at least 4 members (excludes halogenated alkanes) is 1. The molecule has 0 aliphatic carbocycles. The van der Waals surface area contributed by atoms with Gasteiger partial charge in [0, 0.05) is 12.0 Å². The fourth-order valence-electron chi connectivity index (χ4n) is 2.91. The number of carbonyl (C=O) groups excluding carboxylic acids is 1. The molecule has 0 spiro atoms. The van der Waals surface area contributed by atoms with E-state index in [2.05, 4.69) is 36.1 Å².